The fraction of sp³-hybridized carbons (Fsp3) is 0.667. The van der Waals surface area contributed by atoms with Crippen LogP contribution in [0.3, 0.4) is 0 Å². The summed E-state index contributed by atoms with van der Waals surface area (Å²) >= 11 is 0. The largest absolute Gasteiger partial charge is 0.376 e. The van der Waals surface area contributed by atoms with E-state index in [1.165, 1.54) is 0 Å². The highest BCUT2D eigenvalue weighted by Crippen LogP contribution is 2.15. The van der Waals surface area contributed by atoms with Gasteiger partial charge in [0.2, 0.25) is 5.95 Å². The van der Waals surface area contributed by atoms with E-state index in [2.05, 4.69) is 25.5 Å². The van der Waals surface area contributed by atoms with Gasteiger partial charge in [0.05, 0.1) is 6.10 Å². The molecule has 1 aromatic heterocycles. The Hall–Kier alpha value is -1.89. The van der Waals surface area contributed by atoms with Crippen LogP contribution in [0.2, 0.25) is 0 Å². The van der Waals surface area contributed by atoms with E-state index in [-0.39, 0.29) is 18.2 Å². The number of nitrogens with one attached hydrogen (secondary N) is 2. The Bertz CT molecular complexity index is 478. The van der Waals surface area contributed by atoms with Gasteiger partial charge in [-0.2, -0.15) is 0 Å². The van der Waals surface area contributed by atoms with E-state index >= 15 is 0 Å². The van der Waals surface area contributed by atoms with Crippen LogP contribution in [0.25, 0.3) is 0 Å². The predicted octanol–water partition coefficient (Wildman–Crippen LogP) is 0.924. The zero-order valence-electron chi connectivity index (χ0n) is 12.7. The minimum atomic E-state index is -0.115. The smallest absolute Gasteiger partial charge is 0.315 e. The van der Waals surface area contributed by atoms with Crippen molar-refractivity contribution in [3.8, 4) is 0 Å². The Balaban J connectivity index is 1.44. The Morgan fingerprint density at radius 1 is 1.32 bits per heavy atom. The van der Waals surface area contributed by atoms with Gasteiger partial charge in [-0.05, 0) is 31.7 Å². The lowest BCUT2D eigenvalue weighted by atomic mass is 10.1. The van der Waals surface area contributed by atoms with Crippen LogP contribution in [0.1, 0.15) is 25.7 Å². The topological polar surface area (TPSA) is 79.4 Å². The van der Waals surface area contributed by atoms with Crippen molar-refractivity contribution in [2.24, 2.45) is 0 Å². The van der Waals surface area contributed by atoms with E-state index in [1.54, 1.807) is 12.4 Å². The molecule has 1 aromatic rings. The SMILES string of the molecule is O=C(NC[C@H]1CCCO1)N[C@@H]1CCCN(c2ncccn2)C1. The van der Waals surface area contributed by atoms with Gasteiger partial charge in [0, 0.05) is 44.7 Å². The van der Waals surface area contributed by atoms with Gasteiger partial charge in [-0.25, -0.2) is 14.8 Å². The summed E-state index contributed by atoms with van der Waals surface area (Å²) in [5.74, 6) is 0.730. The highest BCUT2D eigenvalue weighted by molar-refractivity contribution is 5.74. The molecule has 0 aliphatic carbocycles. The number of urea groups is 1. The monoisotopic (exact) mass is 305 g/mol. The third-order valence-electron chi connectivity index (χ3n) is 4.11. The van der Waals surface area contributed by atoms with Crippen LogP contribution in [-0.4, -0.2) is 54.4 Å². The van der Waals surface area contributed by atoms with Crippen molar-refractivity contribution < 1.29 is 9.53 Å². The molecule has 2 N–H and O–H groups in total. The minimum Gasteiger partial charge on any atom is -0.376 e. The van der Waals surface area contributed by atoms with Crippen molar-refractivity contribution in [3.05, 3.63) is 18.5 Å². The third-order valence-corrected chi connectivity index (χ3v) is 4.11. The number of hydrogen-bond donors (Lipinski definition) is 2. The summed E-state index contributed by atoms with van der Waals surface area (Å²) in [6.07, 6.45) is 7.78. The molecule has 7 nitrogen and oxygen atoms in total. The number of amides is 2. The van der Waals surface area contributed by atoms with Gasteiger partial charge in [-0.15, -0.1) is 0 Å². The van der Waals surface area contributed by atoms with E-state index in [9.17, 15) is 4.79 Å². The maximum Gasteiger partial charge on any atom is 0.315 e. The first kappa shape index (κ1) is 15.0. The molecule has 3 heterocycles. The van der Waals surface area contributed by atoms with Crippen molar-refractivity contribution >= 4 is 12.0 Å². The number of aromatic nitrogens is 2. The standard InChI is InChI=1S/C15H23N5O2/c21-15(18-10-13-5-2-9-22-13)19-12-4-1-8-20(11-12)14-16-6-3-7-17-14/h3,6-7,12-13H,1-2,4-5,8-11H2,(H2,18,19,21)/t12-,13-/m1/s1. The Labute approximate surface area is 130 Å². The van der Waals surface area contributed by atoms with Crippen LogP contribution in [-0.2, 0) is 4.74 Å². The second-order valence-electron chi connectivity index (χ2n) is 5.82. The molecule has 2 atom stereocenters. The molecule has 0 radical (unpaired) electrons. The highest BCUT2D eigenvalue weighted by Gasteiger charge is 2.23. The Morgan fingerprint density at radius 3 is 2.95 bits per heavy atom. The van der Waals surface area contributed by atoms with Crippen molar-refractivity contribution in [2.45, 2.75) is 37.8 Å². The molecular weight excluding hydrogens is 282 g/mol. The van der Waals surface area contributed by atoms with E-state index in [4.69, 9.17) is 4.74 Å². The predicted molar refractivity (Wildman–Crippen MR) is 82.8 cm³/mol. The van der Waals surface area contributed by atoms with Crippen LogP contribution >= 0.6 is 0 Å². The van der Waals surface area contributed by atoms with Crippen LogP contribution in [0.5, 0.6) is 0 Å². The number of carbonyl (C=O) groups is 1. The molecule has 7 heteroatoms. The highest BCUT2D eigenvalue weighted by atomic mass is 16.5. The molecule has 0 spiro atoms. The zero-order chi connectivity index (χ0) is 15.2. The van der Waals surface area contributed by atoms with Crippen molar-refractivity contribution in [1.29, 1.82) is 0 Å². The molecule has 2 amide bonds. The molecule has 0 aromatic carbocycles. The number of rotatable bonds is 4. The summed E-state index contributed by atoms with van der Waals surface area (Å²) < 4.78 is 5.50. The van der Waals surface area contributed by atoms with Gasteiger partial charge in [0.25, 0.3) is 0 Å². The summed E-state index contributed by atoms with van der Waals surface area (Å²) in [6, 6.07) is 1.82. The van der Waals surface area contributed by atoms with E-state index < -0.39 is 0 Å². The normalized spacial score (nSPS) is 25.0. The molecule has 0 saturated carbocycles. The summed E-state index contributed by atoms with van der Waals surface area (Å²) in [4.78, 5) is 22.7. The number of piperidine rings is 1. The van der Waals surface area contributed by atoms with Gasteiger partial charge in [0.15, 0.2) is 0 Å². The summed E-state index contributed by atoms with van der Waals surface area (Å²) in [5, 5.41) is 5.94. The van der Waals surface area contributed by atoms with Gasteiger partial charge < -0.3 is 20.3 Å². The number of carbonyl (C=O) groups excluding carboxylic acids is 1. The lowest BCUT2D eigenvalue weighted by Gasteiger charge is -2.33. The third kappa shape index (κ3) is 4.07. The number of nitrogens with zero attached hydrogens (tertiary/aromatic N) is 3. The van der Waals surface area contributed by atoms with Gasteiger partial charge >= 0.3 is 6.03 Å². The molecule has 2 aliphatic rings. The van der Waals surface area contributed by atoms with E-state index in [1.807, 2.05) is 6.07 Å². The molecule has 3 rings (SSSR count). The second kappa shape index (κ2) is 7.40. The summed E-state index contributed by atoms with van der Waals surface area (Å²) in [7, 11) is 0. The maximum absolute atomic E-state index is 12.0. The molecule has 120 valence electrons. The minimum absolute atomic E-state index is 0.115. The quantitative estimate of drug-likeness (QED) is 0.865. The first-order valence-electron chi connectivity index (χ1n) is 7.99. The fourth-order valence-electron chi connectivity index (χ4n) is 2.98. The number of ether oxygens (including phenoxy) is 1. The maximum atomic E-state index is 12.0. The lowest BCUT2D eigenvalue weighted by molar-refractivity contribution is 0.111. The molecule has 2 saturated heterocycles. The van der Waals surface area contributed by atoms with Crippen LogP contribution in [0.4, 0.5) is 10.7 Å². The van der Waals surface area contributed by atoms with Crippen LogP contribution in [0.15, 0.2) is 18.5 Å². The van der Waals surface area contributed by atoms with Crippen LogP contribution in [0, 0.1) is 0 Å². The zero-order valence-corrected chi connectivity index (χ0v) is 12.7. The average molecular weight is 305 g/mol. The van der Waals surface area contributed by atoms with Crippen molar-refractivity contribution in [3.63, 3.8) is 0 Å². The average Bonchev–Trinajstić information content (AvgIpc) is 3.08. The van der Waals surface area contributed by atoms with Gasteiger partial charge in [0.1, 0.15) is 0 Å². The molecule has 22 heavy (non-hydrogen) atoms. The van der Waals surface area contributed by atoms with Gasteiger partial charge in [-0.3, -0.25) is 0 Å². The molecule has 2 fully saturated rings. The Morgan fingerprint density at radius 2 is 2.18 bits per heavy atom. The molecule has 2 aliphatic heterocycles. The summed E-state index contributed by atoms with van der Waals surface area (Å²) in [6.45, 7) is 3.07. The van der Waals surface area contributed by atoms with Crippen molar-refractivity contribution in [2.75, 3.05) is 31.1 Å². The Kier molecular flexibility index (Phi) is 5.05. The summed E-state index contributed by atoms with van der Waals surface area (Å²) in [5.41, 5.74) is 0. The molecule has 0 unspecified atom stereocenters. The fourth-order valence-corrected chi connectivity index (χ4v) is 2.98. The van der Waals surface area contributed by atoms with E-state index in [0.717, 1.165) is 51.3 Å². The molecular formula is C15H23N5O2. The number of anilines is 1. The molecule has 0 bridgehead atoms. The number of hydrogen-bond acceptors (Lipinski definition) is 5. The van der Waals surface area contributed by atoms with Gasteiger partial charge in [-0.1, -0.05) is 0 Å². The first-order chi connectivity index (χ1) is 10.8. The van der Waals surface area contributed by atoms with Crippen molar-refractivity contribution in [1.82, 2.24) is 20.6 Å². The lowest BCUT2D eigenvalue weighted by Crippen LogP contribution is -2.51. The second-order valence-corrected chi connectivity index (χ2v) is 5.82. The van der Waals surface area contributed by atoms with E-state index in [0.29, 0.717) is 6.54 Å². The first-order valence-corrected chi connectivity index (χ1v) is 7.99. The van der Waals surface area contributed by atoms with Crippen LogP contribution < -0.4 is 15.5 Å².